The molecule has 0 aliphatic heterocycles. The van der Waals surface area contributed by atoms with E-state index in [0.29, 0.717) is 28.4 Å². The molecule has 9 nitrogen and oxygen atoms in total. The second-order valence-electron chi connectivity index (χ2n) is 6.04. The number of benzene rings is 1. The molecule has 2 N–H and O–H groups in total. The molecule has 0 saturated carbocycles. The highest BCUT2D eigenvalue weighted by molar-refractivity contribution is 6.00. The lowest BCUT2D eigenvalue weighted by molar-refractivity contribution is -0.119. The maximum absolute atomic E-state index is 12.4. The molecule has 2 rings (SSSR count). The Labute approximate surface area is 168 Å². The second kappa shape index (κ2) is 9.63. The van der Waals surface area contributed by atoms with Crippen molar-refractivity contribution in [2.75, 3.05) is 32.8 Å². The zero-order valence-electron chi connectivity index (χ0n) is 17.0. The van der Waals surface area contributed by atoms with Gasteiger partial charge in [0.05, 0.1) is 26.4 Å². The Balaban J connectivity index is 2.02. The fourth-order valence-corrected chi connectivity index (χ4v) is 2.78. The van der Waals surface area contributed by atoms with Crippen LogP contribution in [0.25, 0.3) is 0 Å². The first-order valence-electron chi connectivity index (χ1n) is 8.87. The highest BCUT2D eigenvalue weighted by atomic mass is 16.5. The van der Waals surface area contributed by atoms with Gasteiger partial charge in [0.25, 0.3) is 5.91 Å². The molecule has 29 heavy (non-hydrogen) atoms. The van der Waals surface area contributed by atoms with Crippen LogP contribution in [0.4, 0.5) is 5.69 Å². The number of H-pyrrole nitrogens is 1. The van der Waals surface area contributed by atoms with Gasteiger partial charge in [-0.1, -0.05) is 0 Å². The summed E-state index contributed by atoms with van der Waals surface area (Å²) >= 11 is 0. The van der Waals surface area contributed by atoms with Crippen LogP contribution in [0.15, 0.2) is 18.2 Å². The fourth-order valence-electron chi connectivity index (χ4n) is 2.78. The predicted octanol–water partition coefficient (Wildman–Crippen LogP) is 2.62. The Morgan fingerprint density at radius 2 is 1.69 bits per heavy atom. The molecule has 156 valence electrons. The molecule has 2 aromatic rings. The molecule has 0 unspecified atom stereocenters. The third-order valence-corrected chi connectivity index (χ3v) is 4.12. The monoisotopic (exact) mass is 404 g/mol. The molecule has 9 heteroatoms. The number of aromatic nitrogens is 1. The third-order valence-electron chi connectivity index (χ3n) is 4.12. The van der Waals surface area contributed by atoms with Crippen LogP contribution in [0.5, 0.6) is 11.5 Å². The molecule has 0 fully saturated rings. The fraction of sp³-hybridized carbons (Fsp3) is 0.350. The standard InChI is InChI=1S/C20H24N2O7/c1-6-28-20(25)18-11(2)17(12(3)21-18)19(24)29-10-16(23)22-13-7-8-14(26-4)15(9-13)27-5/h7-9,21H,6,10H2,1-5H3,(H,22,23). The molecule has 0 radical (unpaired) electrons. The first-order valence-corrected chi connectivity index (χ1v) is 8.87. The van der Waals surface area contributed by atoms with Crippen molar-refractivity contribution < 1.29 is 33.3 Å². The highest BCUT2D eigenvalue weighted by Crippen LogP contribution is 2.29. The maximum Gasteiger partial charge on any atom is 0.355 e. The zero-order valence-corrected chi connectivity index (χ0v) is 17.0. The van der Waals surface area contributed by atoms with Crippen molar-refractivity contribution in [1.29, 1.82) is 0 Å². The lowest BCUT2D eigenvalue weighted by Gasteiger charge is -2.11. The van der Waals surface area contributed by atoms with E-state index in [-0.39, 0.29) is 17.9 Å². The summed E-state index contributed by atoms with van der Waals surface area (Å²) in [4.78, 5) is 39.3. The summed E-state index contributed by atoms with van der Waals surface area (Å²) in [7, 11) is 2.99. The van der Waals surface area contributed by atoms with Gasteiger partial charge in [-0.2, -0.15) is 0 Å². The summed E-state index contributed by atoms with van der Waals surface area (Å²) in [5.74, 6) is -0.824. The van der Waals surface area contributed by atoms with Crippen LogP contribution in [0.2, 0.25) is 0 Å². The second-order valence-corrected chi connectivity index (χ2v) is 6.04. The number of methoxy groups -OCH3 is 2. The van der Waals surface area contributed by atoms with Gasteiger partial charge in [-0.25, -0.2) is 9.59 Å². The number of ether oxygens (including phenoxy) is 4. The summed E-state index contributed by atoms with van der Waals surface area (Å²) in [6.07, 6.45) is 0. The Hall–Kier alpha value is -3.49. The van der Waals surface area contributed by atoms with Gasteiger partial charge in [0.15, 0.2) is 18.1 Å². The molecular formula is C20H24N2O7. The van der Waals surface area contributed by atoms with Crippen molar-refractivity contribution in [2.24, 2.45) is 0 Å². The quantitative estimate of drug-likeness (QED) is 0.650. The van der Waals surface area contributed by atoms with Crippen LogP contribution in [-0.2, 0) is 14.3 Å². The van der Waals surface area contributed by atoms with Gasteiger partial charge in [-0.05, 0) is 38.5 Å². The molecule has 0 spiro atoms. The number of aromatic amines is 1. The smallest absolute Gasteiger partial charge is 0.355 e. The summed E-state index contributed by atoms with van der Waals surface area (Å²) in [5, 5.41) is 2.61. The average molecular weight is 404 g/mol. The van der Waals surface area contributed by atoms with E-state index in [0.717, 1.165) is 0 Å². The lowest BCUT2D eigenvalue weighted by atomic mass is 10.1. The molecule has 1 aromatic heterocycles. The Morgan fingerprint density at radius 1 is 1.00 bits per heavy atom. The molecular weight excluding hydrogens is 380 g/mol. The van der Waals surface area contributed by atoms with E-state index in [1.54, 1.807) is 39.0 Å². The molecule has 0 aliphatic rings. The van der Waals surface area contributed by atoms with Crippen LogP contribution in [-0.4, -0.2) is 50.3 Å². The normalized spacial score (nSPS) is 10.2. The molecule has 1 aromatic carbocycles. The van der Waals surface area contributed by atoms with Gasteiger partial charge < -0.3 is 29.2 Å². The predicted molar refractivity (Wildman–Crippen MR) is 105 cm³/mol. The van der Waals surface area contributed by atoms with Gasteiger partial charge in [0, 0.05) is 17.4 Å². The van der Waals surface area contributed by atoms with E-state index in [9.17, 15) is 14.4 Å². The van der Waals surface area contributed by atoms with Gasteiger partial charge in [-0.15, -0.1) is 0 Å². The topological polar surface area (TPSA) is 116 Å². The average Bonchev–Trinajstić information content (AvgIpc) is 3.00. The largest absolute Gasteiger partial charge is 0.493 e. The van der Waals surface area contributed by atoms with Crippen molar-refractivity contribution >= 4 is 23.5 Å². The molecule has 0 aliphatic carbocycles. The third kappa shape index (κ3) is 5.07. The van der Waals surface area contributed by atoms with Gasteiger partial charge in [0.1, 0.15) is 5.69 Å². The number of hydrogen-bond acceptors (Lipinski definition) is 7. The molecule has 1 amide bonds. The number of amides is 1. The SMILES string of the molecule is CCOC(=O)c1[nH]c(C)c(C(=O)OCC(=O)Nc2ccc(OC)c(OC)c2)c1C. The number of aryl methyl sites for hydroxylation is 1. The van der Waals surface area contributed by atoms with Crippen LogP contribution in [0, 0.1) is 13.8 Å². The molecule has 1 heterocycles. The number of nitrogens with one attached hydrogen (secondary N) is 2. The van der Waals surface area contributed by atoms with Crippen molar-refractivity contribution in [3.63, 3.8) is 0 Å². The first kappa shape index (κ1) is 21.8. The van der Waals surface area contributed by atoms with Crippen LogP contribution in [0.1, 0.15) is 39.0 Å². The molecule has 0 bridgehead atoms. The van der Waals surface area contributed by atoms with E-state index < -0.39 is 24.5 Å². The van der Waals surface area contributed by atoms with E-state index in [2.05, 4.69) is 10.3 Å². The number of hydrogen-bond donors (Lipinski definition) is 2. The molecule has 0 atom stereocenters. The summed E-state index contributed by atoms with van der Waals surface area (Å²) in [6, 6.07) is 4.86. The Bertz CT molecular complexity index is 918. The van der Waals surface area contributed by atoms with Gasteiger partial charge in [0.2, 0.25) is 0 Å². The van der Waals surface area contributed by atoms with Crippen molar-refractivity contribution in [3.8, 4) is 11.5 Å². The van der Waals surface area contributed by atoms with Crippen molar-refractivity contribution in [3.05, 3.63) is 40.7 Å². The Morgan fingerprint density at radius 3 is 2.31 bits per heavy atom. The highest BCUT2D eigenvalue weighted by Gasteiger charge is 2.24. The van der Waals surface area contributed by atoms with Crippen LogP contribution in [0.3, 0.4) is 0 Å². The maximum atomic E-state index is 12.4. The summed E-state index contributed by atoms with van der Waals surface area (Å²) < 4.78 is 20.4. The van der Waals surface area contributed by atoms with Crippen molar-refractivity contribution in [2.45, 2.75) is 20.8 Å². The van der Waals surface area contributed by atoms with E-state index in [4.69, 9.17) is 18.9 Å². The van der Waals surface area contributed by atoms with E-state index in [1.165, 1.54) is 14.2 Å². The molecule has 0 saturated heterocycles. The van der Waals surface area contributed by atoms with Crippen LogP contribution < -0.4 is 14.8 Å². The minimum atomic E-state index is -0.714. The van der Waals surface area contributed by atoms with Gasteiger partial charge in [-0.3, -0.25) is 4.79 Å². The number of esters is 2. The minimum absolute atomic E-state index is 0.186. The van der Waals surface area contributed by atoms with Crippen molar-refractivity contribution in [1.82, 2.24) is 4.98 Å². The van der Waals surface area contributed by atoms with E-state index >= 15 is 0 Å². The van der Waals surface area contributed by atoms with Crippen LogP contribution >= 0.6 is 0 Å². The first-order chi connectivity index (χ1) is 13.8. The zero-order chi connectivity index (χ0) is 21.6. The lowest BCUT2D eigenvalue weighted by Crippen LogP contribution is -2.21. The number of carbonyl (C=O) groups excluding carboxylic acids is 3. The van der Waals surface area contributed by atoms with E-state index in [1.807, 2.05) is 0 Å². The van der Waals surface area contributed by atoms with Gasteiger partial charge >= 0.3 is 11.9 Å². The Kier molecular flexibility index (Phi) is 7.24. The number of carbonyl (C=O) groups is 3. The summed E-state index contributed by atoms with van der Waals surface area (Å²) in [5.41, 5.74) is 1.71. The summed E-state index contributed by atoms with van der Waals surface area (Å²) in [6.45, 7) is 4.65. The minimum Gasteiger partial charge on any atom is -0.493 e. The number of rotatable bonds is 8. The number of anilines is 1.